The average Bonchev–Trinajstić information content (AvgIpc) is 3.16. The highest BCUT2D eigenvalue weighted by atomic mass is 35.5. The molecule has 2 bridgehead atoms. The molecule has 0 radical (unpaired) electrons. The van der Waals surface area contributed by atoms with E-state index in [1.807, 2.05) is 0 Å². The van der Waals surface area contributed by atoms with Gasteiger partial charge in [0.05, 0.1) is 5.39 Å². The van der Waals surface area contributed by atoms with Crippen LogP contribution in [0.5, 0.6) is 0 Å². The number of nitrogens with zero attached hydrogens (tertiary/aromatic N) is 3. The summed E-state index contributed by atoms with van der Waals surface area (Å²) in [4.78, 5) is 14.5. The first-order valence-corrected chi connectivity index (χ1v) is 12.6. The van der Waals surface area contributed by atoms with Crippen LogP contribution in [0.15, 0.2) is 18.2 Å². The number of anilines is 1. The Morgan fingerprint density at radius 1 is 1.13 bits per heavy atom. The quantitative estimate of drug-likeness (QED) is 0.382. The lowest BCUT2D eigenvalue weighted by Crippen LogP contribution is -2.35. The third-order valence-electron chi connectivity index (χ3n) is 7.38. The summed E-state index contributed by atoms with van der Waals surface area (Å²) in [6, 6.07) is 7.33. The maximum Gasteiger partial charge on any atom is 0.225 e. The van der Waals surface area contributed by atoms with Gasteiger partial charge in [-0.1, -0.05) is 45.9 Å². The predicted molar refractivity (Wildman–Crippen MR) is 134 cm³/mol. The van der Waals surface area contributed by atoms with Gasteiger partial charge < -0.3 is 4.90 Å². The minimum Gasteiger partial charge on any atom is -0.352 e. The van der Waals surface area contributed by atoms with Crippen LogP contribution in [-0.2, 0) is 6.42 Å². The fourth-order valence-electron chi connectivity index (χ4n) is 6.37. The number of rotatable bonds is 3. The molecule has 5 rings (SSSR count). The van der Waals surface area contributed by atoms with Gasteiger partial charge in [0.1, 0.15) is 10.6 Å². The van der Waals surface area contributed by atoms with Crippen molar-refractivity contribution in [2.45, 2.75) is 73.3 Å². The van der Waals surface area contributed by atoms with Crippen molar-refractivity contribution in [1.29, 1.82) is 0 Å². The fraction of sp³-hybridized carbons (Fsp3) is 0.538. The normalized spacial score (nSPS) is 24.9. The third-order valence-corrected chi connectivity index (χ3v) is 8.78. The smallest absolute Gasteiger partial charge is 0.225 e. The van der Waals surface area contributed by atoms with E-state index in [2.05, 4.69) is 69.6 Å². The summed E-state index contributed by atoms with van der Waals surface area (Å²) in [6.07, 6.45) is 4.69. The van der Waals surface area contributed by atoms with Crippen LogP contribution in [0, 0.1) is 24.7 Å². The molecule has 164 valence electrons. The Morgan fingerprint density at radius 2 is 1.90 bits per heavy atom. The minimum atomic E-state index is 0.334. The second-order valence-corrected chi connectivity index (χ2v) is 12.3. The van der Waals surface area contributed by atoms with E-state index in [1.165, 1.54) is 51.8 Å². The van der Waals surface area contributed by atoms with Crippen LogP contribution in [-0.4, -0.2) is 22.6 Å². The largest absolute Gasteiger partial charge is 0.352 e. The number of fused-ring (bicyclic) bond motifs is 3. The number of thiophene rings is 1. The molecule has 1 aliphatic carbocycles. The lowest BCUT2D eigenvalue weighted by molar-refractivity contribution is 0.136. The first kappa shape index (κ1) is 21.2. The molecule has 1 saturated heterocycles. The Balaban J connectivity index is 1.74. The molecule has 1 aromatic carbocycles. The van der Waals surface area contributed by atoms with E-state index in [4.69, 9.17) is 16.6 Å². The van der Waals surface area contributed by atoms with Gasteiger partial charge in [0.15, 0.2) is 0 Å². The van der Waals surface area contributed by atoms with Gasteiger partial charge in [-0.3, -0.25) is 0 Å². The molecule has 2 aliphatic rings. The summed E-state index contributed by atoms with van der Waals surface area (Å²) < 4.78 is 0. The monoisotopic (exact) mass is 453 g/mol. The van der Waals surface area contributed by atoms with Crippen molar-refractivity contribution in [2.24, 2.45) is 10.8 Å². The molecule has 0 N–H and O–H groups in total. The van der Waals surface area contributed by atoms with Crippen LogP contribution < -0.4 is 4.90 Å². The number of hydrogen-bond acceptors (Lipinski definition) is 4. The number of benzene rings is 1. The fourth-order valence-corrected chi connectivity index (χ4v) is 7.71. The van der Waals surface area contributed by atoms with Crippen LogP contribution >= 0.6 is 22.9 Å². The Hall–Kier alpha value is -1.65. The first-order chi connectivity index (χ1) is 14.6. The van der Waals surface area contributed by atoms with E-state index in [9.17, 15) is 0 Å². The van der Waals surface area contributed by atoms with Crippen molar-refractivity contribution in [1.82, 2.24) is 9.97 Å². The topological polar surface area (TPSA) is 29.0 Å². The van der Waals surface area contributed by atoms with E-state index in [-0.39, 0.29) is 0 Å². The number of aromatic nitrogens is 2. The summed E-state index contributed by atoms with van der Waals surface area (Å²) >= 11 is 8.27. The highest BCUT2D eigenvalue weighted by Crippen LogP contribution is 2.55. The van der Waals surface area contributed by atoms with E-state index < -0.39 is 0 Å². The lowest BCUT2D eigenvalue weighted by atomic mass is 9.65. The summed E-state index contributed by atoms with van der Waals surface area (Å²) in [6.45, 7) is 14.9. The van der Waals surface area contributed by atoms with Crippen molar-refractivity contribution in [3.63, 3.8) is 0 Å². The Bertz CT molecular complexity index is 1180. The Kier molecular flexibility index (Phi) is 4.91. The van der Waals surface area contributed by atoms with Gasteiger partial charge >= 0.3 is 0 Å². The van der Waals surface area contributed by atoms with Gasteiger partial charge in [0.25, 0.3) is 0 Å². The Morgan fingerprint density at radius 3 is 2.61 bits per heavy atom. The van der Waals surface area contributed by atoms with E-state index >= 15 is 0 Å². The van der Waals surface area contributed by atoms with E-state index in [0.717, 1.165) is 23.6 Å². The molecule has 3 nitrogen and oxygen atoms in total. The maximum atomic E-state index is 6.49. The molecule has 1 aliphatic heterocycles. The first-order valence-electron chi connectivity index (χ1n) is 11.4. The van der Waals surface area contributed by atoms with Crippen LogP contribution in [0.1, 0.15) is 63.0 Å². The molecule has 2 atom stereocenters. The van der Waals surface area contributed by atoms with Crippen molar-refractivity contribution >= 4 is 39.0 Å². The molecule has 3 heterocycles. The zero-order chi connectivity index (χ0) is 22.1. The summed E-state index contributed by atoms with van der Waals surface area (Å²) in [7, 11) is 0. The average molecular weight is 454 g/mol. The van der Waals surface area contributed by atoms with E-state index in [0.29, 0.717) is 22.2 Å². The van der Waals surface area contributed by atoms with Crippen LogP contribution in [0.2, 0.25) is 5.28 Å². The summed E-state index contributed by atoms with van der Waals surface area (Å²) in [5, 5.41) is 1.56. The van der Waals surface area contributed by atoms with Gasteiger partial charge in [-0.2, -0.15) is 4.98 Å². The zero-order valence-electron chi connectivity index (χ0n) is 19.5. The van der Waals surface area contributed by atoms with Crippen molar-refractivity contribution < 1.29 is 0 Å². The molecular formula is C26H32ClN3S. The molecule has 2 aromatic heterocycles. The second kappa shape index (κ2) is 7.18. The second-order valence-electron chi connectivity index (χ2n) is 10.9. The molecule has 5 heteroatoms. The van der Waals surface area contributed by atoms with Gasteiger partial charge in [-0.05, 0) is 78.7 Å². The standard InChI is InChI=1S/C26H32ClN3S/c1-7-19-20(17-9-8-15(2)16(3)10-17)21-22(28-24(27)29-23(21)31-19)30-14-26(6)12-18(30)11-25(4,5)13-26/h8-10,18H,7,11-14H2,1-6H3. The van der Waals surface area contributed by atoms with Crippen LogP contribution in [0.3, 0.4) is 0 Å². The van der Waals surface area contributed by atoms with Crippen molar-refractivity contribution in [3.8, 4) is 11.1 Å². The molecular weight excluding hydrogens is 422 g/mol. The molecule has 0 spiro atoms. The minimum absolute atomic E-state index is 0.334. The number of halogens is 1. The van der Waals surface area contributed by atoms with Crippen LogP contribution in [0.4, 0.5) is 5.82 Å². The molecule has 3 aromatic rings. The van der Waals surface area contributed by atoms with Crippen molar-refractivity contribution in [3.05, 3.63) is 39.5 Å². The highest BCUT2D eigenvalue weighted by molar-refractivity contribution is 7.19. The number of hydrogen-bond donors (Lipinski definition) is 0. The molecule has 0 amide bonds. The van der Waals surface area contributed by atoms with Gasteiger partial charge in [0.2, 0.25) is 5.28 Å². The predicted octanol–water partition coefficient (Wildman–Crippen LogP) is 7.60. The Labute approximate surface area is 194 Å². The SMILES string of the molecule is CCc1sc2nc(Cl)nc(N3CC4(C)CC3CC(C)(C)C4)c2c1-c1ccc(C)c(C)c1. The number of aryl methyl sites for hydroxylation is 3. The third kappa shape index (κ3) is 3.56. The van der Waals surface area contributed by atoms with Crippen LogP contribution in [0.25, 0.3) is 21.3 Å². The van der Waals surface area contributed by atoms with Gasteiger partial charge in [-0.15, -0.1) is 11.3 Å². The molecule has 1 saturated carbocycles. The maximum absolute atomic E-state index is 6.49. The van der Waals surface area contributed by atoms with E-state index in [1.54, 1.807) is 11.3 Å². The van der Waals surface area contributed by atoms with Gasteiger partial charge in [-0.25, -0.2) is 4.98 Å². The summed E-state index contributed by atoms with van der Waals surface area (Å²) in [5.41, 5.74) is 5.92. The molecule has 2 fully saturated rings. The zero-order valence-corrected chi connectivity index (χ0v) is 21.0. The lowest BCUT2D eigenvalue weighted by Gasteiger charge is -2.39. The van der Waals surface area contributed by atoms with Crippen molar-refractivity contribution in [2.75, 3.05) is 11.4 Å². The summed E-state index contributed by atoms with van der Waals surface area (Å²) in [5.74, 6) is 1.05. The molecule has 31 heavy (non-hydrogen) atoms. The van der Waals surface area contributed by atoms with Gasteiger partial charge in [0, 0.05) is 23.0 Å². The molecule has 2 unspecified atom stereocenters. The highest BCUT2D eigenvalue weighted by Gasteiger charge is 2.50.